The van der Waals surface area contributed by atoms with Gasteiger partial charge in [0.2, 0.25) is 0 Å². The summed E-state index contributed by atoms with van der Waals surface area (Å²) in [6, 6.07) is 8.39. The van der Waals surface area contributed by atoms with Crippen LogP contribution in [0.4, 0.5) is 11.6 Å². The van der Waals surface area contributed by atoms with Crippen molar-refractivity contribution in [1.29, 1.82) is 0 Å². The van der Waals surface area contributed by atoms with Gasteiger partial charge in [-0.15, -0.1) is 0 Å². The number of likely N-dealkylation sites (N-methyl/N-ethyl adjacent to an activating group) is 1. The smallest absolute Gasteiger partial charge is 0.327 e. The minimum Gasteiger partial charge on any atom is -0.332 e. The molecule has 2 aliphatic heterocycles. The van der Waals surface area contributed by atoms with Crippen LogP contribution in [0.5, 0.6) is 0 Å². The predicted octanol–water partition coefficient (Wildman–Crippen LogP) is 6.95. The molecule has 180 valence electrons. The Kier molecular flexibility index (Phi) is 5.83. The molecule has 4 heterocycles. The summed E-state index contributed by atoms with van der Waals surface area (Å²) in [5, 5.41) is 0.883. The summed E-state index contributed by atoms with van der Waals surface area (Å²) in [5.74, 6) is 2.07. The third kappa shape index (κ3) is 3.79. The SMILES string of the molecule is CN1C(=CC=C2CCCC(C=CC3=[N+](C)c4ncccc4C3(C)C)=C2Cl)C(C)(C)c2cccnc21. The summed E-state index contributed by atoms with van der Waals surface area (Å²) in [6.07, 6.45) is 15.7. The second-order valence-electron chi connectivity index (χ2n) is 10.8. The van der Waals surface area contributed by atoms with Crippen molar-refractivity contribution in [2.24, 2.45) is 0 Å². The minimum atomic E-state index is -0.0959. The van der Waals surface area contributed by atoms with Gasteiger partial charge in [-0.2, -0.15) is 0 Å². The first kappa shape index (κ1) is 23.7. The van der Waals surface area contributed by atoms with E-state index in [-0.39, 0.29) is 10.8 Å². The Balaban J connectivity index is 1.46. The van der Waals surface area contributed by atoms with Crippen molar-refractivity contribution in [3.8, 4) is 0 Å². The molecule has 0 spiro atoms. The van der Waals surface area contributed by atoms with Crippen LogP contribution in [-0.4, -0.2) is 34.4 Å². The Morgan fingerprint density at radius 1 is 0.943 bits per heavy atom. The molecule has 0 N–H and O–H groups in total. The van der Waals surface area contributed by atoms with Crippen molar-refractivity contribution in [3.05, 3.63) is 94.0 Å². The Labute approximate surface area is 214 Å². The van der Waals surface area contributed by atoms with E-state index in [0.717, 1.165) is 35.9 Å². The van der Waals surface area contributed by atoms with Gasteiger partial charge in [0.25, 0.3) is 0 Å². The summed E-state index contributed by atoms with van der Waals surface area (Å²) < 4.78 is 2.20. The molecule has 3 aliphatic rings. The number of pyridine rings is 2. The third-order valence-electron chi connectivity index (χ3n) is 7.90. The fraction of sp³-hybridized carbons (Fsp3) is 0.367. The van der Waals surface area contributed by atoms with Gasteiger partial charge in [0.1, 0.15) is 17.7 Å². The fourth-order valence-electron chi connectivity index (χ4n) is 5.85. The lowest BCUT2D eigenvalue weighted by Crippen LogP contribution is -2.26. The highest BCUT2D eigenvalue weighted by Crippen LogP contribution is 2.46. The maximum Gasteiger partial charge on any atom is 0.327 e. The summed E-state index contributed by atoms with van der Waals surface area (Å²) >= 11 is 6.98. The van der Waals surface area contributed by atoms with Crippen LogP contribution >= 0.6 is 11.6 Å². The van der Waals surface area contributed by atoms with E-state index in [2.05, 4.69) is 97.7 Å². The summed E-state index contributed by atoms with van der Waals surface area (Å²) in [6.45, 7) is 9.05. The number of hydrogen-bond donors (Lipinski definition) is 0. The number of fused-ring (bicyclic) bond motifs is 2. The van der Waals surface area contributed by atoms with Crippen molar-refractivity contribution in [2.75, 3.05) is 19.0 Å². The Morgan fingerprint density at radius 3 is 2.37 bits per heavy atom. The van der Waals surface area contributed by atoms with Gasteiger partial charge in [0.05, 0.1) is 18.0 Å². The lowest BCUT2D eigenvalue weighted by molar-refractivity contribution is -0.406. The maximum atomic E-state index is 6.98. The second-order valence-corrected chi connectivity index (χ2v) is 11.2. The van der Waals surface area contributed by atoms with Crippen LogP contribution in [0.1, 0.15) is 58.1 Å². The number of rotatable bonds is 3. The van der Waals surface area contributed by atoms with Gasteiger partial charge in [-0.05, 0) is 79.6 Å². The first-order chi connectivity index (χ1) is 16.6. The molecule has 4 nitrogen and oxygen atoms in total. The number of aromatic nitrogens is 2. The second kappa shape index (κ2) is 8.60. The van der Waals surface area contributed by atoms with Crippen LogP contribution in [-0.2, 0) is 10.8 Å². The number of nitrogens with zero attached hydrogens (tertiary/aromatic N) is 4. The zero-order valence-corrected chi connectivity index (χ0v) is 22.3. The number of hydrogen-bond acceptors (Lipinski definition) is 3. The molecule has 1 aliphatic carbocycles. The highest BCUT2D eigenvalue weighted by Gasteiger charge is 2.42. The molecule has 5 heteroatoms. The third-order valence-corrected chi connectivity index (χ3v) is 8.39. The molecule has 0 saturated carbocycles. The molecular weight excluding hydrogens is 452 g/mol. The van der Waals surface area contributed by atoms with Crippen LogP contribution in [0.3, 0.4) is 0 Å². The topological polar surface area (TPSA) is 32.0 Å². The molecule has 0 fully saturated rings. The van der Waals surface area contributed by atoms with Gasteiger partial charge < -0.3 is 4.90 Å². The first-order valence-electron chi connectivity index (χ1n) is 12.4. The highest BCUT2D eigenvalue weighted by molar-refractivity contribution is 6.32. The van der Waals surface area contributed by atoms with Crippen molar-refractivity contribution < 1.29 is 4.58 Å². The van der Waals surface area contributed by atoms with Crippen LogP contribution in [0, 0.1) is 0 Å². The Hall–Kier alpha value is -2.98. The van der Waals surface area contributed by atoms with E-state index >= 15 is 0 Å². The lowest BCUT2D eigenvalue weighted by atomic mass is 9.81. The molecule has 35 heavy (non-hydrogen) atoms. The normalized spacial score (nSPS) is 23.1. The fourth-order valence-corrected chi connectivity index (χ4v) is 6.17. The molecule has 0 unspecified atom stereocenters. The number of allylic oxidation sites excluding steroid dienone is 8. The summed E-state index contributed by atoms with van der Waals surface area (Å²) in [5.41, 5.74) is 7.21. The van der Waals surface area contributed by atoms with E-state index in [4.69, 9.17) is 11.6 Å². The molecule has 0 radical (unpaired) electrons. The van der Waals surface area contributed by atoms with Crippen molar-refractivity contribution in [3.63, 3.8) is 0 Å². The van der Waals surface area contributed by atoms with Crippen LogP contribution < -0.4 is 4.90 Å². The van der Waals surface area contributed by atoms with E-state index in [1.54, 1.807) is 0 Å². The van der Waals surface area contributed by atoms with E-state index in [1.807, 2.05) is 24.5 Å². The van der Waals surface area contributed by atoms with Crippen molar-refractivity contribution in [2.45, 2.75) is 57.8 Å². The van der Waals surface area contributed by atoms with Crippen molar-refractivity contribution in [1.82, 2.24) is 9.97 Å². The molecule has 2 aromatic rings. The summed E-state index contributed by atoms with van der Waals surface area (Å²) in [4.78, 5) is 11.4. The van der Waals surface area contributed by atoms with Gasteiger partial charge in [-0.25, -0.2) is 9.56 Å². The number of halogens is 1. The molecule has 0 amide bonds. The van der Waals surface area contributed by atoms with Crippen LogP contribution in [0.15, 0.2) is 82.8 Å². The standard InChI is InChI=1S/C30H34ClN4/c1-29(2)22-12-8-18-32-27(22)34(5)24(29)16-14-20-10-7-11-21(26(20)31)15-17-25-30(3,4)23-13-9-19-33-28(23)35(25)6/h8-9,12-19H,7,10-11H2,1-6H3/q+1. The van der Waals surface area contributed by atoms with E-state index < -0.39 is 0 Å². The van der Waals surface area contributed by atoms with Gasteiger partial charge in [0.15, 0.2) is 0 Å². The largest absolute Gasteiger partial charge is 0.332 e. The van der Waals surface area contributed by atoms with Gasteiger partial charge in [0, 0.05) is 35.0 Å². The van der Waals surface area contributed by atoms with E-state index in [1.165, 1.54) is 33.7 Å². The first-order valence-corrected chi connectivity index (χ1v) is 12.8. The maximum absolute atomic E-state index is 6.98. The lowest BCUT2D eigenvalue weighted by Gasteiger charge is -2.24. The molecule has 5 rings (SSSR count). The molecular formula is C30H34ClN4+. The average molecular weight is 486 g/mol. The zero-order chi connectivity index (χ0) is 25.0. The van der Waals surface area contributed by atoms with Crippen LogP contribution in [0.25, 0.3) is 0 Å². The van der Waals surface area contributed by atoms with Crippen LogP contribution in [0.2, 0.25) is 0 Å². The average Bonchev–Trinajstić information content (AvgIpc) is 3.16. The molecule has 2 aromatic heterocycles. The number of anilines is 1. The zero-order valence-electron chi connectivity index (χ0n) is 21.6. The van der Waals surface area contributed by atoms with Gasteiger partial charge in [-0.1, -0.05) is 43.7 Å². The molecule has 0 aromatic carbocycles. The molecule has 0 bridgehead atoms. The van der Waals surface area contributed by atoms with Crippen molar-refractivity contribution >= 4 is 28.9 Å². The quantitative estimate of drug-likeness (QED) is 0.440. The van der Waals surface area contributed by atoms with Gasteiger partial charge >= 0.3 is 5.82 Å². The Bertz CT molecular complexity index is 1350. The van der Waals surface area contributed by atoms with E-state index in [0.29, 0.717) is 0 Å². The predicted molar refractivity (Wildman–Crippen MR) is 146 cm³/mol. The van der Waals surface area contributed by atoms with E-state index in [9.17, 15) is 0 Å². The molecule has 0 saturated heterocycles. The van der Waals surface area contributed by atoms with Gasteiger partial charge in [-0.3, -0.25) is 0 Å². The monoisotopic (exact) mass is 485 g/mol. The Morgan fingerprint density at radius 2 is 1.66 bits per heavy atom. The minimum absolute atomic E-state index is 0.0959. The molecule has 0 atom stereocenters. The highest BCUT2D eigenvalue weighted by atomic mass is 35.5. The summed E-state index contributed by atoms with van der Waals surface area (Å²) in [7, 11) is 4.20.